The minimum atomic E-state index is -0.129. The molecular weight excluding hydrogens is 238 g/mol. The summed E-state index contributed by atoms with van der Waals surface area (Å²) in [6.07, 6.45) is 3.15. The highest BCUT2D eigenvalue weighted by Gasteiger charge is 1.98. The molecular formula is C16H17NO2. The van der Waals surface area contributed by atoms with E-state index in [0.717, 1.165) is 11.3 Å². The van der Waals surface area contributed by atoms with Gasteiger partial charge in [-0.25, -0.2) is 0 Å². The van der Waals surface area contributed by atoms with E-state index >= 15 is 0 Å². The lowest BCUT2D eigenvalue weighted by molar-refractivity contribution is -0.116. The fraction of sp³-hybridized carbons (Fsp3) is 0.188. The number of nitrogens with one attached hydrogen (secondary N) is 1. The largest absolute Gasteiger partial charge is 0.462 e. The van der Waals surface area contributed by atoms with Crippen LogP contribution in [0.5, 0.6) is 0 Å². The first-order chi connectivity index (χ1) is 9.13. The third-order valence-electron chi connectivity index (χ3n) is 2.71. The summed E-state index contributed by atoms with van der Waals surface area (Å²) in [5, 5.41) is 2.84. The molecule has 1 N–H and O–H groups in total. The molecule has 98 valence electrons. The minimum Gasteiger partial charge on any atom is -0.462 e. The second-order valence-corrected chi connectivity index (χ2v) is 4.49. The van der Waals surface area contributed by atoms with Crippen molar-refractivity contribution in [3.8, 4) is 0 Å². The summed E-state index contributed by atoms with van der Waals surface area (Å²) in [6, 6.07) is 11.8. The van der Waals surface area contributed by atoms with E-state index in [-0.39, 0.29) is 5.91 Å². The van der Waals surface area contributed by atoms with E-state index in [1.165, 1.54) is 11.6 Å². The predicted octanol–water partition coefficient (Wildman–Crippen LogP) is 3.23. The molecule has 2 aromatic rings. The lowest BCUT2D eigenvalue weighted by Crippen LogP contribution is -2.20. The molecule has 0 fully saturated rings. The number of amides is 1. The van der Waals surface area contributed by atoms with Crippen molar-refractivity contribution in [3.63, 3.8) is 0 Å². The highest BCUT2D eigenvalue weighted by molar-refractivity contribution is 5.91. The van der Waals surface area contributed by atoms with Gasteiger partial charge in [0.25, 0.3) is 0 Å². The molecule has 0 saturated carbocycles. The zero-order valence-electron chi connectivity index (χ0n) is 11.1. The standard InChI is InChI=1S/C16H17NO2/c1-12-4-3-5-14(10-12)11-17-16(18)9-8-15-7-6-13(2)19-15/h3-10H,11H2,1-2H3,(H,17,18)/b9-8+. The number of benzene rings is 1. The van der Waals surface area contributed by atoms with Gasteiger partial charge in [-0.15, -0.1) is 0 Å². The minimum absolute atomic E-state index is 0.129. The maximum Gasteiger partial charge on any atom is 0.244 e. The molecule has 0 aliphatic rings. The van der Waals surface area contributed by atoms with Gasteiger partial charge in [0.1, 0.15) is 11.5 Å². The first-order valence-corrected chi connectivity index (χ1v) is 6.21. The van der Waals surface area contributed by atoms with Crippen LogP contribution < -0.4 is 5.32 Å². The lowest BCUT2D eigenvalue weighted by Gasteiger charge is -2.03. The molecule has 1 aromatic carbocycles. The van der Waals surface area contributed by atoms with Crippen molar-refractivity contribution in [2.45, 2.75) is 20.4 Å². The third kappa shape index (κ3) is 4.14. The van der Waals surface area contributed by atoms with Crippen molar-refractivity contribution in [1.82, 2.24) is 5.32 Å². The van der Waals surface area contributed by atoms with Gasteiger partial charge in [0.05, 0.1) is 0 Å². The molecule has 0 aliphatic carbocycles. The third-order valence-corrected chi connectivity index (χ3v) is 2.71. The average molecular weight is 255 g/mol. The predicted molar refractivity (Wildman–Crippen MR) is 75.5 cm³/mol. The van der Waals surface area contributed by atoms with Gasteiger partial charge in [-0.2, -0.15) is 0 Å². The number of hydrogen-bond acceptors (Lipinski definition) is 2. The van der Waals surface area contributed by atoms with Gasteiger partial charge in [-0.1, -0.05) is 29.8 Å². The monoisotopic (exact) mass is 255 g/mol. The molecule has 0 spiro atoms. The Labute approximate surface area is 112 Å². The quantitative estimate of drug-likeness (QED) is 0.852. The molecule has 19 heavy (non-hydrogen) atoms. The van der Waals surface area contributed by atoms with Crippen molar-refractivity contribution in [2.75, 3.05) is 0 Å². The second-order valence-electron chi connectivity index (χ2n) is 4.49. The van der Waals surface area contributed by atoms with Gasteiger partial charge >= 0.3 is 0 Å². The van der Waals surface area contributed by atoms with Crippen molar-refractivity contribution in [2.24, 2.45) is 0 Å². The molecule has 0 atom stereocenters. The highest BCUT2D eigenvalue weighted by atomic mass is 16.3. The van der Waals surface area contributed by atoms with Crippen LogP contribution in [0.4, 0.5) is 0 Å². The molecule has 2 rings (SSSR count). The zero-order valence-corrected chi connectivity index (χ0v) is 11.1. The number of carbonyl (C=O) groups is 1. The molecule has 1 amide bonds. The fourth-order valence-electron chi connectivity index (χ4n) is 1.77. The van der Waals surface area contributed by atoms with Gasteiger partial charge in [0.2, 0.25) is 5.91 Å². The Hall–Kier alpha value is -2.29. The summed E-state index contributed by atoms with van der Waals surface area (Å²) in [4.78, 5) is 11.6. The van der Waals surface area contributed by atoms with Crippen LogP contribution in [-0.4, -0.2) is 5.91 Å². The van der Waals surface area contributed by atoms with Crippen molar-refractivity contribution in [3.05, 3.63) is 65.1 Å². The van der Waals surface area contributed by atoms with Gasteiger partial charge in [0.15, 0.2) is 0 Å². The first kappa shape index (κ1) is 13.1. The lowest BCUT2D eigenvalue weighted by atomic mass is 10.1. The number of aryl methyl sites for hydroxylation is 2. The SMILES string of the molecule is Cc1cccc(CNC(=O)/C=C/c2ccc(C)o2)c1. The summed E-state index contributed by atoms with van der Waals surface area (Å²) in [5.74, 6) is 1.39. The molecule has 1 aromatic heterocycles. The van der Waals surface area contributed by atoms with Gasteiger partial charge < -0.3 is 9.73 Å². The first-order valence-electron chi connectivity index (χ1n) is 6.21. The summed E-state index contributed by atoms with van der Waals surface area (Å²) in [6.45, 7) is 4.43. The topological polar surface area (TPSA) is 42.2 Å². The van der Waals surface area contributed by atoms with E-state index in [9.17, 15) is 4.79 Å². The number of furan rings is 1. The summed E-state index contributed by atoms with van der Waals surface area (Å²) in [7, 11) is 0. The van der Waals surface area contributed by atoms with E-state index in [0.29, 0.717) is 12.3 Å². The summed E-state index contributed by atoms with van der Waals surface area (Å²) in [5.41, 5.74) is 2.28. The highest BCUT2D eigenvalue weighted by Crippen LogP contribution is 2.08. The van der Waals surface area contributed by atoms with E-state index in [1.807, 2.05) is 44.2 Å². The second kappa shape index (κ2) is 6.05. The molecule has 0 saturated heterocycles. The molecule has 3 nitrogen and oxygen atoms in total. The van der Waals surface area contributed by atoms with E-state index in [1.54, 1.807) is 6.08 Å². The van der Waals surface area contributed by atoms with Crippen LogP contribution in [0.15, 0.2) is 46.9 Å². The Morgan fingerprint density at radius 3 is 2.79 bits per heavy atom. The fourth-order valence-corrected chi connectivity index (χ4v) is 1.77. The van der Waals surface area contributed by atoms with Crippen LogP contribution >= 0.6 is 0 Å². The summed E-state index contributed by atoms with van der Waals surface area (Å²) >= 11 is 0. The van der Waals surface area contributed by atoms with Crippen molar-refractivity contribution >= 4 is 12.0 Å². The van der Waals surface area contributed by atoms with Crippen LogP contribution in [-0.2, 0) is 11.3 Å². The number of rotatable bonds is 4. The molecule has 0 bridgehead atoms. The Bertz CT molecular complexity index is 596. The Kier molecular flexibility index (Phi) is 4.18. The summed E-state index contributed by atoms with van der Waals surface area (Å²) < 4.78 is 5.35. The molecule has 3 heteroatoms. The molecule has 1 heterocycles. The maximum atomic E-state index is 11.6. The smallest absolute Gasteiger partial charge is 0.244 e. The van der Waals surface area contributed by atoms with Crippen LogP contribution in [0.3, 0.4) is 0 Å². The van der Waals surface area contributed by atoms with Crippen LogP contribution in [0.2, 0.25) is 0 Å². The van der Waals surface area contributed by atoms with Gasteiger partial charge in [-0.05, 0) is 37.6 Å². The van der Waals surface area contributed by atoms with Crippen LogP contribution in [0.25, 0.3) is 6.08 Å². The van der Waals surface area contributed by atoms with Crippen LogP contribution in [0, 0.1) is 13.8 Å². The number of carbonyl (C=O) groups excluding carboxylic acids is 1. The van der Waals surface area contributed by atoms with Gasteiger partial charge in [0, 0.05) is 12.6 Å². The van der Waals surface area contributed by atoms with Crippen LogP contribution in [0.1, 0.15) is 22.6 Å². The zero-order chi connectivity index (χ0) is 13.7. The molecule has 0 radical (unpaired) electrons. The maximum absolute atomic E-state index is 11.6. The van der Waals surface area contributed by atoms with Gasteiger partial charge in [-0.3, -0.25) is 4.79 Å². The number of hydrogen-bond donors (Lipinski definition) is 1. The van der Waals surface area contributed by atoms with Crippen molar-refractivity contribution < 1.29 is 9.21 Å². The normalized spacial score (nSPS) is 10.8. The Morgan fingerprint density at radius 2 is 2.11 bits per heavy atom. The average Bonchev–Trinajstić information content (AvgIpc) is 2.80. The molecule has 0 unspecified atom stereocenters. The Balaban J connectivity index is 1.86. The van der Waals surface area contributed by atoms with E-state index in [4.69, 9.17) is 4.42 Å². The Morgan fingerprint density at radius 1 is 1.26 bits per heavy atom. The van der Waals surface area contributed by atoms with Crippen molar-refractivity contribution in [1.29, 1.82) is 0 Å². The van der Waals surface area contributed by atoms with E-state index < -0.39 is 0 Å². The van der Waals surface area contributed by atoms with E-state index in [2.05, 4.69) is 11.4 Å². The molecule has 0 aliphatic heterocycles.